The van der Waals surface area contributed by atoms with E-state index in [2.05, 4.69) is 10.0 Å². The SMILES string of the molecule is CC(CC(F)(F)F)NS(=O)(=O)C1CCCNC1. The summed E-state index contributed by atoms with van der Waals surface area (Å²) in [5, 5.41) is 2.29. The largest absolute Gasteiger partial charge is 0.390 e. The molecule has 17 heavy (non-hydrogen) atoms. The van der Waals surface area contributed by atoms with E-state index in [4.69, 9.17) is 0 Å². The van der Waals surface area contributed by atoms with Gasteiger partial charge in [0.15, 0.2) is 0 Å². The minimum atomic E-state index is -4.35. The molecule has 2 unspecified atom stereocenters. The van der Waals surface area contributed by atoms with Crippen LogP contribution in [0.2, 0.25) is 0 Å². The van der Waals surface area contributed by atoms with Gasteiger partial charge < -0.3 is 5.32 Å². The lowest BCUT2D eigenvalue weighted by Crippen LogP contribution is -2.47. The highest BCUT2D eigenvalue weighted by Crippen LogP contribution is 2.22. The first-order valence-electron chi connectivity index (χ1n) is 5.49. The zero-order chi connectivity index (χ0) is 13.1. The average molecular weight is 274 g/mol. The lowest BCUT2D eigenvalue weighted by atomic mass is 10.2. The standard InChI is InChI=1S/C9H17F3N2O2S/c1-7(5-9(10,11)12)14-17(15,16)8-3-2-4-13-6-8/h7-8,13-14H,2-6H2,1H3. The fourth-order valence-corrected chi connectivity index (χ4v) is 3.50. The molecule has 0 aromatic rings. The molecule has 0 spiro atoms. The average Bonchev–Trinajstić information content (AvgIpc) is 2.15. The van der Waals surface area contributed by atoms with Crippen LogP contribution in [0.25, 0.3) is 0 Å². The maximum absolute atomic E-state index is 12.1. The summed E-state index contributed by atoms with van der Waals surface area (Å²) in [5.74, 6) is 0. The van der Waals surface area contributed by atoms with Gasteiger partial charge in [-0.2, -0.15) is 13.2 Å². The first kappa shape index (κ1) is 14.7. The second kappa shape index (κ2) is 5.53. The van der Waals surface area contributed by atoms with Gasteiger partial charge in [-0.1, -0.05) is 0 Å². The number of hydrogen-bond acceptors (Lipinski definition) is 3. The predicted octanol–water partition coefficient (Wildman–Crippen LogP) is 0.999. The van der Waals surface area contributed by atoms with Crippen LogP contribution in [-0.2, 0) is 10.0 Å². The van der Waals surface area contributed by atoms with Gasteiger partial charge in [0.1, 0.15) is 0 Å². The molecular weight excluding hydrogens is 257 g/mol. The van der Waals surface area contributed by atoms with Gasteiger partial charge in [0.2, 0.25) is 10.0 Å². The Balaban J connectivity index is 2.53. The molecule has 0 amide bonds. The lowest BCUT2D eigenvalue weighted by Gasteiger charge is -2.25. The fraction of sp³-hybridized carbons (Fsp3) is 1.00. The van der Waals surface area contributed by atoms with Crippen LogP contribution in [0, 0.1) is 0 Å². The number of nitrogens with one attached hydrogen (secondary N) is 2. The van der Waals surface area contributed by atoms with E-state index in [0.717, 1.165) is 13.0 Å². The maximum atomic E-state index is 12.1. The van der Waals surface area contributed by atoms with E-state index < -0.39 is 33.9 Å². The van der Waals surface area contributed by atoms with Gasteiger partial charge in [0.05, 0.1) is 11.7 Å². The highest BCUT2D eigenvalue weighted by molar-refractivity contribution is 7.90. The van der Waals surface area contributed by atoms with Crippen molar-refractivity contribution in [2.24, 2.45) is 0 Å². The Morgan fingerprint density at radius 2 is 2.12 bits per heavy atom. The first-order valence-corrected chi connectivity index (χ1v) is 7.04. The summed E-state index contributed by atoms with van der Waals surface area (Å²) in [6.07, 6.45) is -4.29. The quantitative estimate of drug-likeness (QED) is 0.804. The molecular formula is C9H17F3N2O2S. The van der Waals surface area contributed by atoms with Crippen LogP contribution in [0.15, 0.2) is 0 Å². The van der Waals surface area contributed by atoms with E-state index in [1.807, 2.05) is 0 Å². The Morgan fingerprint density at radius 3 is 2.59 bits per heavy atom. The molecule has 0 aromatic heterocycles. The first-order chi connectivity index (χ1) is 7.71. The second-order valence-electron chi connectivity index (χ2n) is 4.35. The summed E-state index contributed by atoms with van der Waals surface area (Å²) in [6, 6.07) is -1.12. The molecule has 0 radical (unpaired) electrons. The molecule has 1 aliphatic rings. The molecule has 2 atom stereocenters. The normalized spacial score (nSPS) is 24.6. The van der Waals surface area contributed by atoms with Crippen molar-refractivity contribution in [2.45, 2.75) is 43.7 Å². The summed E-state index contributed by atoms with van der Waals surface area (Å²) >= 11 is 0. The molecule has 0 saturated carbocycles. The molecule has 102 valence electrons. The Bertz CT molecular complexity index is 337. The molecule has 2 N–H and O–H groups in total. The van der Waals surface area contributed by atoms with E-state index in [-0.39, 0.29) is 0 Å². The highest BCUT2D eigenvalue weighted by atomic mass is 32.2. The van der Waals surface area contributed by atoms with Crippen LogP contribution < -0.4 is 10.0 Å². The molecule has 0 bridgehead atoms. The van der Waals surface area contributed by atoms with Gasteiger partial charge in [0.25, 0.3) is 0 Å². The molecule has 0 aliphatic carbocycles. The van der Waals surface area contributed by atoms with Crippen molar-refractivity contribution in [3.63, 3.8) is 0 Å². The highest BCUT2D eigenvalue weighted by Gasteiger charge is 2.34. The topological polar surface area (TPSA) is 58.2 Å². The predicted molar refractivity (Wildman–Crippen MR) is 58.1 cm³/mol. The summed E-state index contributed by atoms with van der Waals surface area (Å²) in [4.78, 5) is 0. The van der Waals surface area contributed by atoms with Crippen LogP contribution in [0.1, 0.15) is 26.2 Å². The third kappa shape index (κ3) is 5.22. The Labute approximate surface area is 99.0 Å². The van der Waals surface area contributed by atoms with Gasteiger partial charge in [-0.15, -0.1) is 0 Å². The third-order valence-electron chi connectivity index (χ3n) is 2.59. The number of sulfonamides is 1. The van der Waals surface area contributed by atoms with Crippen molar-refractivity contribution in [1.82, 2.24) is 10.0 Å². The third-order valence-corrected chi connectivity index (χ3v) is 4.60. The summed E-state index contributed by atoms with van der Waals surface area (Å²) in [6.45, 7) is 2.28. The van der Waals surface area contributed by atoms with Crippen molar-refractivity contribution >= 4 is 10.0 Å². The number of hydrogen-bond donors (Lipinski definition) is 2. The van der Waals surface area contributed by atoms with Crippen molar-refractivity contribution < 1.29 is 21.6 Å². The van der Waals surface area contributed by atoms with Crippen LogP contribution in [-0.4, -0.2) is 39.0 Å². The van der Waals surface area contributed by atoms with E-state index in [1.165, 1.54) is 6.92 Å². The Kier molecular flexibility index (Phi) is 4.79. The molecule has 1 rings (SSSR count). The fourth-order valence-electron chi connectivity index (χ4n) is 1.85. The number of alkyl halides is 3. The van der Waals surface area contributed by atoms with Gasteiger partial charge in [0, 0.05) is 12.6 Å². The molecule has 4 nitrogen and oxygen atoms in total. The monoisotopic (exact) mass is 274 g/mol. The van der Waals surface area contributed by atoms with Gasteiger partial charge in [-0.3, -0.25) is 0 Å². The molecule has 8 heteroatoms. The zero-order valence-electron chi connectivity index (χ0n) is 9.55. The summed E-state index contributed by atoms with van der Waals surface area (Å²) in [5.41, 5.74) is 0. The van der Waals surface area contributed by atoms with Crippen molar-refractivity contribution in [3.05, 3.63) is 0 Å². The summed E-state index contributed by atoms with van der Waals surface area (Å²) in [7, 11) is -3.67. The Hall–Kier alpha value is -0.340. The van der Waals surface area contributed by atoms with Crippen LogP contribution >= 0.6 is 0 Å². The van der Waals surface area contributed by atoms with Crippen LogP contribution in [0.3, 0.4) is 0 Å². The van der Waals surface area contributed by atoms with Crippen LogP contribution in [0.4, 0.5) is 13.2 Å². The number of halogens is 3. The van der Waals surface area contributed by atoms with Gasteiger partial charge in [-0.05, 0) is 26.3 Å². The Morgan fingerprint density at radius 1 is 1.47 bits per heavy atom. The smallest absolute Gasteiger partial charge is 0.315 e. The van der Waals surface area contributed by atoms with E-state index in [1.54, 1.807) is 0 Å². The number of piperidine rings is 1. The second-order valence-corrected chi connectivity index (χ2v) is 6.34. The molecule has 1 aliphatic heterocycles. The van der Waals surface area contributed by atoms with Gasteiger partial charge in [-0.25, -0.2) is 13.1 Å². The van der Waals surface area contributed by atoms with E-state index in [0.29, 0.717) is 13.0 Å². The molecule has 0 aromatic carbocycles. The maximum Gasteiger partial charge on any atom is 0.390 e. The van der Waals surface area contributed by atoms with E-state index in [9.17, 15) is 21.6 Å². The molecule has 1 heterocycles. The zero-order valence-corrected chi connectivity index (χ0v) is 10.4. The molecule has 1 fully saturated rings. The minimum Gasteiger partial charge on any atom is -0.315 e. The summed E-state index contributed by atoms with van der Waals surface area (Å²) < 4.78 is 61.9. The lowest BCUT2D eigenvalue weighted by molar-refractivity contribution is -0.137. The molecule has 1 saturated heterocycles. The van der Waals surface area contributed by atoms with Crippen molar-refractivity contribution in [1.29, 1.82) is 0 Å². The van der Waals surface area contributed by atoms with Crippen molar-refractivity contribution in [3.8, 4) is 0 Å². The minimum absolute atomic E-state index is 0.300. The number of rotatable bonds is 4. The van der Waals surface area contributed by atoms with E-state index >= 15 is 0 Å². The van der Waals surface area contributed by atoms with Gasteiger partial charge >= 0.3 is 6.18 Å². The van der Waals surface area contributed by atoms with Crippen LogP contribution in [0.5, 0.6) is 0 Å². The van der Waals surface area contributed by atoms with Crippen molar-refractivity contribution in [2.75, 3.05) is 13.1 Å².